The van der Waals surface area contributed by atoms with Crippen LogP contribution in [0.15, 0.2) is 71.1 Å². The van der Waals surface area contributed by atoms with Gasteiger partial charge in [-0.1, -0.05) is 42.5 Å². The number of carbonyl (C=O) groups excluding carboxylic acids is 1. The van der Waals surface area contributed by atoms with Gasteiger partial charge in [0.2, 0.25) is 10.0 Å². The predicted octanol–water partition coefficient (Wildman–Crippen LogP) is 4.30. The Morgan fingerprint density at radius 3 is 2.35 bits per heavy atom. The zero-order chi connectivity index (χ0) is 22.2. The Kier molecular flexibility index (Phi) is 5.24. The molecule has 0 unspecified atom stereocenters. The Hall–Kier alpha value is -3.65. The van der Waals surface area contributed by atoms with Crippen LogP contribution < -0.4 is 10.5 Å². The molecule has 1 aromatic heterocycles. The smallest absolute Gasteiger partial charge is 0.252 e. The summed E-state index contributed by atoms with van der Waals surface area (Å²) in [7, 11) is -3.57. The van der Waals surface area contributed by atoms with E-state index in [0.29, 0.717) is 28.0 Å². The first kappa shape index (κ1) is 20.6. The van der Waals surface area contributed by atoms with Crippen molar-refractivity contribution in [3.63, 3.8) is 0 Å². The molecule has 3 N–H and O–H groups in total. The molecular weight excluding hydrogens is 419 g/mol. The molecule has 0 bridgehead atoms. The normalized spacial score (nSPS) is 11.5. The summed E-state index contributed by atoms with van der Waals surface area (Å²) in [6, 6.07) is 18.2. The van der Waals surface area contributed by atoms with Gasteiger partial charge in [-0.3, -0.25) is 9.52 Å². The lowest BCUT2D eigenvalue weighted by Crippen LogP contribution is -2.13. The Labute approximate surface area is 178 Å². The monoisotopic (exact) mass is 438 g/mol. The number of fused-ring (bicyclic) bond motifs is 1. The molecule has 1 amide bonds. The zero-order valence-electron chi connectivity index (χ0n) is 16.6. The summed E-state index contributed by atoms with van der Waals surface area (Å²) in [6.07, 6.45) is 1.28. The number of furan rings is 1. The number of primary amides is 1. The second kappa shape index (κ2) is 7.88. The van der Waals surface area contributed by atoms with Crippen molar-refractivity contribution in [3.8, 4) is 11.1 Å². The van der Waals surface area contributed by atoms with Crippen molar-refractivity contribution in [1.29, 1.82) is 0 Å². The highest BCUT2D eigenvalue weighted by atomic mass is 32.2. The largest absolute Gasteiger partial charge is 0.460 e. The van der Waals surface area contributed by atoms with E-state index >= 15 is 0 Å². The maximum atomic E-state index is 13.2. The van der Waals surface area contributed by atoms with Crippen molar-refractivity contribution in [3.05, 3.63) is 89.4 Å². The van der Waals surface area contributed by atoms with Crippen molar-refractivity contribution < 1.29 is 22.0 Å². The van der Waals surface area contributed by atoms with E-state index in [9.17, 15) is 17.6 Å². The molecule has 0 aliphatic carbocycles. The molecule has 0 saturated heterocycles. The molecule has 4 aromatic rings. The second-order valence-corrected chi connectivity index (χ2v) is 8.95. The standard InChI is InChI=1S/C23H19FN2O4S/c1-31(28,29)26-19-13-20-18(12-17(19)15-5-3-2-4-6-15)22(23(25)27)21(30-20)11-14-7-9-16(24)10-8-14/h2-10,12-13,26H,11H2,1H3,(H2,25,27). The summed E-state index contributed by atoms with van der Waals surface area (Å²) in [5.41, 5.74) is 8.58. The van der Waals surface area contributed by atoms with Crippen LogP contribution in [0.5, 0.6) is 0 Å². The minimum atomic E-state index is -3.57. The van der Waals surface area contributed by atoms with Crippen LogP contribution in [0.1, 0.15) is 21.7 Å². The van der Waals surface area contributed by atoms with Crippen molar-refractivity contribution in [1.82, 2.24) is 0 Å². The van der Waals surface area contributed by atoms with Crippen molar-refractivity contribution >= 4 is 32.6 Å². The van der Waals surface area contributed by atoms with Gasteiger partial charge in [0.05, 0.1) is 17.5 Å². The zero-order valence-corrected chi connectivity index (χ0v) is 17.4. The highest BCUT2D eigenvalue weighted by Gasteiger charge is 2.22. The van der Waals surface area contributed by atoms with E-state index in [4.69, 9.17) is 10.2 Å². The highest BCUT2D eigenvalue weighted by molar-refractivity contribution is 7.92. The molecule has 3 aromatic carbocycles. The third-order valence-corrected chi connectivity index (χ3v) is 5.40. The molecule has 0 aliphatic rings. The summed E-state index contributed by atoms with van der Waals surface area (Å²) in [5.74, 6) is -0.712. The van der Waals surface area contributed by atoms with E-state index in [1.165, 1.54) is 12.1 Å². The van der Waals surface area contributed by atoms with Crippen LogP contribution >= 0.6 is 0 Å². The second-order valence-electron chi connectivity index (χ2n) is 7.20. The molecule has 6 nitrogen and oxygen atoms in total. The van der Waals surface area contributed by atoms with E-state index in [1.54, 1.807) is 24.3 Å². The maximum absolute atomic E-state index is 13.2. The van der Waals surface area contributed by atoms with Gasteiger partial charge in [0.1, 0.15) is 17.2 Å². The molecule has 0 saturated carbocycles. The van der Waals surface area contributed by atoms with Crippen LogP contribution in [-0.2, 0) is 16.4 Å². The van der Waals surface area contributed by atoms with Crippen LogP contribution in [-0.4, -0.2) is 20.6 Å². The summed E-state index contributed by atoms with van der Waals surface area (Å²) in [6.45, 7) is 0. The first-order valence-electron chi connectivity index (χ1n) is 9.38. The number of nitrogens with two attached hydrogens (primary N) is 1. The third kappa shape index (κ3) is 4.44. The third-order valence-electron chi connectivity index (χ3n) is 4.81. The van der Waals surface area contributed by atoms with Gasteiger partial charge in [-0.2, -0.15) is 0 Å². The average Bonchev–Trinajstić information content (AvgIpc) is 3.05. The molecule has 0 fully saturated rings. The average molecular weight is 438 g/mol. The highest BCUT2D eigenvalue weighted by Crippen LogP contribution is 2.37. The van der Waals surface area contributed by atoms with Crippen LogP contribution in [0.25, 0.3) is 22.1 Å². The number of anilines is 1. The van der Waals surface area contributed by atoms with Crippen LogP contribution in [0.3, 0.4) is 0 Å². The quantitative estimate of drug-likeness (QED) is 0.468. The maximum Gasteiger partial charge on any atom is 0.252 e. The Morgan fingerprint density at radius 1 is 1.06 bits per heavy atom. The lowest BCUT2D eigenvalue weighted by Gasteiger charge is -2.11. The van der Waals surface area contributed by atoms with Gasteiger partial charge in [0.25, 0.3) is 5.91 Å². The Bertz CT molecular complexity index is 1380. The molecule has 0 aliphatic heterocycles. The summed E-state index contributed by atoms with van der Waals surface area (Å²) < 4.78 is 45.5. The van der Waals surface area contributed by atoms with E-state index in [2.05, 4.69) is 4.72 Å². The first-order valence-corrected chi connectivity index (χ1v) is 11.3. The molecule has 1 heterocycles. The van der Waals surface area contributed by atoms with Gasteiger partial charge in [0, 0.05) is 23.4 Å². The minimum Gasteiger partial charge on any atom is -0.460 e. The van der Waals surface area contributed by atoms with E-state index in [0.717, 1.165) is 17.4 Å². The predicted molar refractivity (Wildman–Crippen MR) is 118 cm³/mol. The van der Waals surface area contributed by atoms with Crippen LogP contribution in [0.2, 0.25) is 0 Å². The summed E-state index contributed by atoms with van der Waals surface area (Å²) >= 11 is 0. The van der Waals surface area contributed by atoms with Gasteiger partial charge >= 0.3 is 0 Å². The number of rotatable bonds is 6. The fourth-order valence-electron chi connectivity index (χ4n) is 3.52. The number of hydrogen-bond acceptors (Lipinski definition) is 4. The fraction of sp³-hybridized carbons (Fsp3) is 0.0870. The summed E-state index contributed by atoms with van der Waals surface area (Å²) in [5, 5.41) is 0.475. The Balaban J connectivity index is 1.93. The van der Waals surface area contributed by atoms with E-state index in [-0.39, 0.29) is 17.8 Å². The molecule has 8 heteroatoms. The van der Waals surface area contributed by atoms with Gasteiger partial charge in [-0.05, 0) is 29.3 Å². The number of halogens is 1. The molecule has 31 heavy (non-hydrogen) atoms. The molecule has 0 spiro atoms. The van der Waals surface area contributed by atoms with Gasteiger partial charge in [0.15, 0.2) is 0 Å². The lowest BCUT2D eigenvalue weighted by molar-refractivity contribution is 0.1000. The summed E-state index contributed by atoms with van der Waals surface area (Å²) in [4.78, 5) is 12.3. The number of carbonyl (C=O) groups is 1. The van der Waals surface area contributed by atoms with Crippen LogP contribution in [0.4, 0.5) is 10.1 Å². The SMILES string of the molecule is CS(=O)(=O)Nc1cc2oc(Cc3ccc(F)cc3)c(C(N)=O)c2cc1-c1ccccc1. The molecular formula is C23H19FN2O4S. The number of hydrogen-bond donors (Lipinski definition) is 2. The van der Waals surface area contributed by atoms with Gasteiger partial charge in [-0.25, -0.2) is 12.8 Å². The van der Waals surface area contributed by atoms with Gasteiger partial charge < -0.3 is 10.2 Å². The Morgan fingerprint density at radius 2 is 1.74 bits per heavy atom. The number of benzene rings is 3. The number of sulfonamides is 1. The topological polar surface area (TPSA) is 102 Å². The van der Waals surface area contributed by atoms with Crippen molar-refractivity contribution in [2.45, 2.75) is 6.42 Å². The van der Waals surface area contributed by atoms with E-state index in [1.807, 2.05) is 30.3 Å². The van der Waals surface area contributed by atoms with Crippen molar-refractivity contribution in [2.75, 3.05) is 11.0 Å². The molecule has 0 radical (unpaired) electrons. The van der Waals surface area contributed by atoms with E-state index < -0.39 is 15.9 Å². The number of nitrogens with one attached hydrogen (secondary N) is 1. The molecule has 4 rings (SSSR count). The molecule has 0 atom stereocenters. The lowest BCUT2D eigenvalue weighted by atomic mass is 9.99. The number of amides is 1. The first-order chi connectivity index (χ1) is 14.7. The van der Waals surface area contributed by atoms with Crippen molar-refractivity contribution in [2.24, 2.45) is 5.73 Å². The van der Waals surface area contributed by atoms with Gasteiger partial charge in [-0.15, -0.1) is 0 Å². The fourth-order valence-corrected chi connectivity index (χ4v) is 4.08. The minimum absolute atomic E-state index is 0.211. The van der Waals surface area contributed by atoms with Crippen LogP contribution in [0, 0.1) is 5.82 Å². The molecule has 158 valence electrons.